The number of thiazole rings is 1. The molecule has 6 heteroatoms. The highest BCUT2D eigenvalue weighted by Gasteiger charge is 2.36. The first-order chi connectivity index (χ1) is 11.5. The number of aryl methyl sites for hydroxylation is 1. The predicted molar refractivity (Wildman–Crippen MR) is 93.4 cm³/mol. The van der Waals surface area contributed by atoms with E-state index in [4.69, 9.17) is 0 Å². The summed E-state index contributed by atoms with van der Waals surface area (Å²) in [6, 6.07) is 9.89. The van der Waals surface area contributed by atoms with Crippen molar-refractivity contribution in [2.24, 2.45) is 5.92 Å². The van der Waals surface area contributed by atoms with Crippen molar-refractivity contribution >= 4 is 23.2 Å². The van der Waals surface area contributed by atoms with Gasteiger partial charge in [0.1, 0.15) is 5.01 Å². The highest BCUT2D eigenvalue weighted by Crippen LogP contribution is 2.28. The molecule has 2 atom stereocenters. The Hall–Kier alpha value is -2.21. The van der Waals surface area contributed by atoms with Gasteiger partial charge in [0.25, 0.3) is 0 Å². The standard InChI is InChI=1S/C18H21N3O2S/c1-12-11-24-16(20-12)9-19-18(23)15-8-17(22)21(10-15)13(2)14-6-4-3-5-7-14/h3-7,11,13,15H,8-10H2,1-2H3,(H,19,23)/t13-,15+/m0/s1. The number of carbonyl (C=O) groups is 2. The summed E-state index contributed by atoms with van der Waals surface area (Å²) < 4.78 is 0. The molecule has 1 aromatic carbocycles. The Morgan fingerprint density at radius 1 is 1.42 bits per heavy atom. The van der Waals surface area contributed by atoms with E-state index in [-0.39, 0.29) is 30.2 Å². The van der Waals surface area contributed by atoms with Crippen LogP contribution < -0.4 is 5.32 Å². The van der Waals surface area contributed by atoms with Crippen molar-refractivity contribution in [3.63, 3.8) is 0 Å². The van der Waals surface area contributed by atoms with Crippen LogP contribution >= 0.6 is 11.3 Å². The Kier molecular flexibility index (Phi) is 4.94. The predicted octanol–water partition coefficient (Wildman–Crippen LogP) is 2.68. The summed E-state index contributed by atoms with van der Waals surface area (Å²) in [7, 11) is 0. The molecule has 1 saturated heterocycles. The molecule has 0 spiro atoms. The van der Waals surface area contributed by atoms with Crippen molar-refractivity contribution in [2.75, 3.05) is 6.54 Å². The molecule has 2 heterocycles. The highest BCUT2D eigenvalue weighted by molar-refractivity contribution is 7.09. The van der Waals surface area contributed by atoms with E-state index in [9.17, 15) is 9.59 Å². The smallest absolute Gasteiger partial charge is 0.225 e. The summed E-state index contributed by atoms with van der Waals surface area (Å²) in [5.74, 6) is -0.319. The molecule has 0 radical (unpaired) electrons. The molecule has 1 aliphatic heterocycles. The molecule has 5 nitrogen and oxygen atoms in total. The Morgan fingerprint density at radius 2 is 2.17 bits per heavy atom. The van der Waals surface area contributed by atoms with E-state index in [1.54, 1.807) is 4.90 Å². The molecule has 2 amide bonds. The number of hydrogen-bond acceptors (Lipinski definition) is 4. The number of rotatable bonds is 5. The van der Waals surface area contributed by atoms with Crippen LogP contribution in [0.15, 0.2) is 35.7 Å². The third kappa shape index (κ3) is 3.64. The lowest BCUT2D eigenvalue weighted by Crippen LogP contribution is -2.33. The molecule has 0 unspecified atom stereocenters. The topological polar surface area (TPSA) is 62.3 Å². The molecule has 24 heavy (non-hydrogen) atoms. The van der Waals surface area contributed by atoms with Crippen LogP contribution in [0.25, 0.3) is 0 Å². The van der Waals surface area contributed by atoms with Crippen LogP contribution in [0.3, 0.4) is 0 Å². The number of benzene rings is 1. The first kappa shape index (κ1) is 16.6. The normalized spacial score (nSPS) is 18.7. The summed E-state index contributed by atoms with van der Waals surface area (Å²) >= 11 is 1.53. The second-order valence-electron chi connectivity index (χ2n) is 6.13. The van der Waals surface area contributed by atoms with Gasteiger partial charge in [-0.15, -0.1) is 11.3 Å². The molecule has 0 saturated carbocycles. The molecular formula is C18H21N3O2S. The van der Waals surface area contributed by atoms with Gasteiger partial charge in [-0.3, -0.25) is 9.59 Å². The van der Waals surface area contributed by atoms with Crippen molar-refractivity contribution in [2.45, 2.75) is 32.9 Å². The van der Waals surface area contributed by atoms with E-state index < -0.39 is 0 Å². The minimum atomic E-state index is -0.287. The van der Waals surface area contributed by atoms with Gasteiger partial charge in [-0.05, 0) is 19.4 Å². The summed E-state index contributed by atoms with van der Waals surface area (Å²) in [6.45, 7) is 4.83. The van der Waals surface area contributed by atoms with E-state index in [2.05, 4.69) is 10.3 Å². The second-order valence-corrected chi connectivity index (χ2v) is 7.08. The van der Waals surface area contributed by atoms with Gasteiger partial charge in [-0.1, -0.05) is 30.3 Å². The lowest BCUT2D eigenvalue weighted by Gasteiger charge is -2.25. The Bertz CT molecular complexity index is 729. The lowest BCUT2D eigenvalue weighted by molar-refractivity contribution is -0.130. The van der Waals surface area contributed by atoms with Gasteiger partial charge in [0, 0.05) is 24.0 Å². The van der Waals surface area contributed by atoms with Gasteiger partial charge in [0.15, 0.2) is 0 Å². The summed E-state index contributed by atoms with van der Waals surface area (Å²) in [6.07, 6.45) is 0.278. The van der Waals surface area contributed by atoms with Crippen LogP contribution in [0.5, 0.6) is 0 Å². The molecule has 0 aliphatic carbocycles. The van der Waals surface area contributed by atoms with Crippen molar-refractivity contribution < 1.29 is 9.59 Å². The van der Waals surface area contributed by atoms with Crippen molar-refractivity contribution in [3.05, 3.63) is 52.0 Å². The molecular weight excluding hydrogens is 322 g/mol. The van der Waals surface area contributed by atoms with Crippen molar-refractivity contribution in [3.8, 4) is 0 Å². The molecule has 3 rings (SSSR count). The zero-order valence-corrected chi connectivity index (χ0v) is 14.7. The summed E-state index contributed by atoms with van der Waals surface area (Å²) in [5.41, 5.74) is 2.05. The number of nitrogens with zero attached hydrogens (tertiary/aromatic N) is 2. The number of nitrogens with one attached hydrogen (secondary N) is 1. The zero-order valence-electron chi connectivity index (χ0n) is 13.9. The van der Waals surface area contributed by atoms with E-state index in [0.717, 1.165) is 16.3 Å². The molecule has 1 fully saturated rings. The van der Waals surface area contributed by atoms with E-state index in [1.165, 1.54) is 11.3 Å². The first-order valence-electron chi connectivity index (χ1n) is 8.07. The van der Waals surface area contributed by atoms with E-state index >= 15 is 0 Å². The quantitative estimate of drug-likeness (QED) is 0.908. The monoisotopic (exact) mass is 343 g/mol. The maximum absolute atomic E-state index is 12.4. The van der Waals surface area contributed by atoms with Crippen LogP contribution in [0.1, 0.15) is 35.7 Å². The largest absolute Gasteiger partial charge is 0.349 e. The molecule has 126 valence electrons. The van der Waals surface area contributed by atoms with Gasteiger partial charge in [0.2, 0.25) is 11.8 Å². The highest BCUT2D eigenvalue weighted by atomic mass is 32.1. The fraction of sp³-hybridized carbons (Fsp3) is 0.389. The van der Waals surface area contributed by atoms with Crippen LogP contribution in [0, 0.1) is 12.8 Å². The SMILES string of the molecule is Cc1csc(CNC(=O)[C@@H]2CC(=O)N([C@@H](C)c3ccccc3)C2)n1. The number of amides is 2. The van der Waals surface area contributed by atoms with E-state index in [1.807, 2.05) is 49.6 Å². The molecule has 1 N–H and O–H groups in total. The van der Waals surface area contributed by atoms with Gasteiger partial charge in [-0.2, -0.15) is 0 Å². The fourth-order valence-electron chi connectivity index (χ4n) is 2.98. The van der Waals surface area contributed by atoms with Crippen molar-refractivity contribution in [1.82, 2.24) is 15.2 Å². The van der Waals surface area contributed by atoms with Gasteiger partial charge in [-0.25, -0.2) is 4.98 Å². The number of carbonyl (C=O) groups excluding carboxylic acids is 2. The molecule has 0 bridgehead atoms. The minimum Gasteiger partial charge on any atom is -0.349 e. The maximum atomic E-state index is 12.4. The average molecular weight is 343 g/mol. The minimum absolute atomic E-state index is 0.0156. The molecule has 1 aromatic heterocycles. The summed E-state index contributed by atoms with van der Waals surface area (Å²) in [4.78, 5) is 30.8. The molecule has 1 aliphatic rings. The van der Waals surface area contributed by atoms with Crippen LogP contribution in [0.4, 0.5) is 0 Å². The van der Waals surface area contributed by atoms with Gasteiger partial charge < -0.3 is 10.2 Å². The Labute approximate surface area is 145 Å². The van der Waals surface area contributed by atoms with Gasteiger partial charge in [0.05, 0.1) is 18.5 Å². The average Bonchev–Trinajstić information content (AvgIpc) is 3.18. The molecule has 2 aromatic rings. The van der Waals surface area contributed by atoms with Gasteiger partial charge >= 0.3 is 0 Å². The first-order valence-corrected chi connectivity index (χ1v) is 8.95. The number of aromatic nitrogens is 1. The second kappa shape index (κ2) is 7.13. The zero-order chi connectivity index (χ0) is 17.1. The Balaban J connectivity index is 1.58. The maximum Gasteiger partial charge on any atom is 0.225 e. The van der Waals surface area contributed by atoms with Crippen LogP contribution in [-0.2, 0) is 16.1 Å². The number of hydrogen-bond donors (Lipinski definition) is 1. The number of likely N-dealkylation sites (tertiary alicyclic amines) is 1. The third-order valence-corrected chi connectivity index (χ3v) is 5.33. The van der Waals surface area contributed by atoms with Crippen LogP contribution in [-0.4, -0.2) is 28.2 Å². The lowest BCUT2D eigenvalue weighted by atomic mass is 10.1. The van der Waals surface area contributed by atoms with Crippen LogP contribution in [0.2, 0.25) is 0 Å². The Morgan fingerprint density at radius 3 is 2.83 bits per heavy atom. The fourth-order valence-corrected chi connectivity index (χ4v) is 3.70. The van der Waals surface area contributed by atoms with E-state index in [0.29, 0.717) is 13.1 Å². The van der Waals surface area contributed by atoms with Crippen molar-refractivity contribution in [1.29, 1.82) is 0 Å². The summed E-state index contributed by atoms with van der Waals surface area (Å²) in [5, 5.41) is 5.75. The third-order valence-electron chi connectivity index (χ3n) is 4.36.